The molecule has 0 saturated carbocycles. The molecule has 3 N–H and O–H groups in total. The van der Waals surface area contributed by atoms with Crippen LogP contribution in [0.25, 0.3) is 11.3 Å². The molecule has 1 aliphatic rings. The molecule has 0 aliphatic carbocycles. The SMILES string of the molecule is NC(=O)c1cc(N2CCCCC2)ccc1NCc1ncc(-c2cccc(Cl)c2)o1. The van der Waals surface area contributed by atoms with E-state index in [1.54, 1.807) is 6.20 Å². The highest BCUT2D eigenvalue weighted by Crippen LogP contribution is 2.27. The maximum absolute atomic E-state index is 12.0. The molecule has 7 heteroatoms. The van der Waals surface area contributed by atoms with Crippen molar-refractivity contribution in [2.24, 2.45) is 5.73 Å². The van der Waals surface area contributed by atoms with Crippen molar-refractivity contribution in [3.8, 4) is 11.3 Å². The summed E-state index contributed by atoms with van der Waals surface area (Å²) in [5, 5.41) is 3.85. The highest BCUT2D eigenvalue weighted by Gasteiger charge is 2.16. The van der Waals surface area contributed by atoms with Gasteiger partial charge in [-0.1, -0.05) is 23.7 Å². The van der Waals surface area contributed by atoms with Crippen LogP contribution in [0.2, 0.25) is 5.02 Å². The Kier molecular flexibility index (Phi) is 5.71. The third-order valence-electron chi connectivity index (χ3n) is 5.08. The number of carbonyl (C=O) groups is 1. The highest BCUT2D eigenvalue weighted by molar-refractivity contribution is 6.30. The largest absolute Gasteiger partial charge is 0.439 e. The lowest BCUT2D eigenvalue weighted by Gasteiger charge is -2.29. The first-order valence-corrected chi connectivity index (χ1v) is 10.1. The van der Waals surface area contributed by atoms with Gasteiger partial charge in [-0.2, -0.15) is 0 Å². The van der Waals surface area contributed by atoms with Gasteiger partial charge in [0.1, 0.15) is 0 Å². The Labute approximate surface area is 174 Å². The molecule has 1 amide bonds. The van der Waals surface area contributed by atoms with Crippen molar-refractivity contribution in [1.29, 1.82) is 0 Å². The molecule has 0 unspecified atom stereocenters. The monoisotopic (exact) mass is 410 g/mol. The zero-order chi connectivity index (χ0) is 20.2. The van der Waals surface area contributed by atoms with Crippen molar-refractivity contribution in [2.75, 3.05) is 23.3 Å². The zero-order valence-corrected chi connectivity index (χ0v) is 16.8. The predicted octanol–water partition coefficient (Wildman–Crippen LogP) is 4.70. The average Bonchev–Trinajstić information content (AvgIpc) is 3.22. The molecule has 3 aromatic rings. The van der Waals surface area contributed by atoms with Gasteiger partial charge in [-0.15, -0.1) is 0 Å². The van der Waals surface area contributed by atoms with Gasteiger partial charge in [-0.25, -0.2) is 4.98 Å². The molecule has 1 fully saturated rings. The van der Waals surface area contributed by atoms with Gasteiger partial charge in [0.25, 0.3) is 5.91 Å². The highest BCUT2D eigenvalue weighted by atomic mass is 35.5. The number of piperidine rings is 1. The number of nitrogens with one attached hydrogen (secondary N) is 1. The van der Waals surface area contributed by atoms with E-state index in [1.165, 1.54) is 19.3 Å². The fourth-order valence-corrected chi connectivity index (χ4v) is 3.77. The molecule has 1 saturated heterocycles. The van der Waals surface area contributed by atoms with Crippen LogP contribution in [0.5, 0.6) is 0 Å². The summed E-state index contributed by atoms with van der Waals surface area (Å²) in [5.74, 6) is 0.689. The number of rotatable bonds is 6. The van der Waals surface area contributed by atoms with Gasteiger partial charge >= 0.3 is 0 Å². The Hall–Kier alpha value is -2.99. The number of hydrogen-bond donors (Lipinski definition) is 2. The molecule has 1 aliphatic heterocycles. The van der Waals surface area contributed by atoms with Crippen molar-refractivity contribution in [3.05, 3.63) is 65.1 Å². The molecular weight excluding hydrogens is 388 g/mol. The molecule has 4 rings (SSSR count). The number of benzene rings is 2. The van der Waals surface area contributed by atoms with Crippen molar-refractivity contribution in [1.82, 2.24) is 4.98 Å². The summed E-state index contributed by atoms with van der Waals surface area (Å²) in [6.07, 6.45) is 5.26. The van der Waals surface area contributed by atoms with Crippen LogP contribution in [0.4, 0.5) is 11.4 Å². The summed E-state index contributed by atoms with van der Waals surface area (Å²) >= 11 is 6.04. The van der Waals surface area contributed by atoms with E-state index in [4.69, 9.17) is 21.8 Å². The van der Waals surface area contributed by atoms with Crippen LogP contribution in [0.1, 0.15) is 35.5 Å². The molecule has 1 aromatic heterocycles. The normalized spacial score (nSPS) is 14.0. The van der Waals surface area contributed by atoms with E-state index >= 15 is 0 Å². The number of carbonyl (C=O) groups excluding carboxylic acids is 1. The van der Waals surface area contributed by atoms with Gasteiger partial charge < -0.3 is 20.4 Å². The van der Waals surface area contributed by atoms with E-state index < -0.39 is 5.91 Å². The number of nitrogens with zero attached hydrogens (tertiary/aromatic N) is 2. The van der Waals surface area contributed by atoms with E-state index in [-0.39, 0.29) is 0 Å². The number of halogens is 1. The average molecular weight is 411 g/mol. The molecule has 150 valence electrons. The molecule has 0 atom stereocenters. The molecule has 6 nitrogen and oxygen atoms in total. The number of anilines is 2. The van der Waals surface area contributed by atoms with Crippen LogP contribution in [-0.4, -0.2) is 24.0 Å². The lowest BCUT2D eigenvalue weighted by molar-refractivity contribution is 0.100. The smallest absolute Gasteiger partial charge is 0.250 e. The fourth-order valence-electron chi connectivity index (χ4n) is 3.58. The standard InChI is InChI=1S/C22H23ClN4O2/c23-16-6-4-5-15(11-16)20-13-26-21(29-20)14-25-19-8-7-17(12-18(19)22(24)28)27-9-2-1-3-10-27/h4-8,11-13,25H,1-3,9-10,14H2,(H2,24,28). The third-order valence-corrected chi connectivity index (χ3v) is 5.32. The first-order chi connectivity index (χ1) is 14.1. The van der Waals surface area contributed by atoms with Gasteiger partial charge in [-0.3, -0.25) is 4.79 Å². The summed E-state index contributed by atoms with van der Waals surface area (Å²) in [5.41, 5.74) is 8.65. The zero-order valence-electron chi connectivity index (χ0n) is 16.0. The number of amides is 1. The van der Waals surface area contributed by atoms with Crippen molar-refractivity contribution in [2.45, 2.75) is 25.8 Å². The molecule has 0 spiro atoms. The number of oxazole rings is 1. The Bertz CT molecular complexity index is 1010. The van der Waals surface area contributed by atoms with Gasteiger partial charge in [0.2, 0.25) is 5.89 Å². The van der Waals surface area contributed by atoms with Crippen LogP contribution in [-0.2, 0) is 6.54 Å². The van der Waals surface area contributed by atoms with E-state index in [9.17, 15) is 4.79 Å². The van der Waals surface area contributed by atoms with Crippen LogP contribution >= 0.6 is 11.6 Å². The lowest BCUT2D eigenvalue weighted by atomic mass is 10.1. The minimum Gasteiger partial charge on any atom is -0.439 e. The first kappa shape index (κ1) is 19.3. The van der Waals surface area contributed by atoms with Gasteiger partial charge in [0.05, 0.1) is 18.3 Å². The quantitative estimate of drug-likeness (QED) is 0.615. The van der Waals surface area contributed by atoms with Gasteiger partial charge in [0, 0.05) is 35.1 Å². The summed E-state index contributed by atoms with van der Waals surface area (Å²) in [7, 11) is 0. The molecule has 0 bridgehead atoms. The molecule has 0 radical (unpaired) electrons. The molecule has 29 heavy (non-hydrogen) atoms. The lowest BCUT2D eigenvalue weighted by Crippen LogP contribution is -2.29. The van der Waals surface area contributed by atoms with Crippen molar-refractivity contribution < 1.29 is 9.21 Å². The second-order valence-electron chi connectivity index (χ2n) is 7.12. The first-order valence-electron chi connectivity index (χ1n) is 9.73. The maximum Gasteiger partial charge on any atom is 0.250 e. The summed E-state index contributed by atoms with van der Waals surface area (Å²) < 4.78 is 5.81. The van der Waals surface area contributed by atoms with E-state index in [2.05, 4.69) is 15.2 Å². The van der Waals surface area contributed by atoms with Crippen molar-refractivity contribution >= 4 is 28.9 Å². The van der Waals surface area contributed by atoms with Crippen LogP contribution in [0, 0.1) is 0 Å². The third kappa shape index (κ3) is 4.54. The molecular formula is C22H23ClN4O2. The topological polar surface area (TPSA) is 84.4 Å². The number of aromatic nitrogens is 1. The van der Waals surface area contributed by atoms with Crippen LogP contribution < -0.4 is 16.0 Å². The second kappa shape index (κ2) is 8.57. The predicted molar refractivity (Wildman–Crippen MR) is 115 cm³/mol. The Balaban J connectivity index is 1.48. The van der Waals surface area contributed by atoms with E-state index in [1.807, 2.05) is 42.5 Å². The maximum atomic E-state index is 12.0. The fraction of sp³-hybridized carbons (Fsp3) is 0.273. The summed E-state index contributed by atoms with van der Waals surface area (Å²) in [6, 6.07) is 13.2. The second-order valence-corrected chi connectivity index (χ2v) is 7.56. The number of nitrogens with two attached hydrogens (primary N) is 1. The van der Waals surface area contributed by atoms with Crippen LogP contribution in [0.15, 0.2) is 53.1 Å². The number of hydrogen-bond acceptors (Lipinski definition) is 5. The van der Waals surface area contributed by atoms with E-state index in [0.717, 1.165) is 24.3 Å². The van der Waals surface area contributed by atoms with Crippen molar-refractivity contribution in [3.63, 3.8) is 0 Å². The summed E-state index contributed by atoms with van der Waals surface area (Å²) in [4.78, 5) is 18.6. The minimum atomic E-state index is -0.460. The molecule has 2 heterocycles. The van der Waals surface area contributed by atoms with Gasteiger partial charge in [0.15, 0.2) is 5.76 Å². The van der Waals surface area contributed by atoms with Gasteiger partial charge in [-0.05, 0) is 49.6 Å². The van der Waals surface area contributed by atoms with E-state index in [0.29, 0.717) is 34.5 Å². The Morgan fingerprint density at radius 3 is 2.76 bits per heavy atom. The number of primary amides is 1. The van der Waals surface area contributed by atoms with Crippen LogP contribution in [0.3, 0.4) is 0 Å². The summed E-state index contributed by atoms with van der Waals surface area (Å²) in [6.45, 7) is 2.35. The molecule has 2 aromatic carbocycles. The minimum absolute atomic E-state index is 0.337. The Morgan fingerprint density at radius 1 is 1.17 bits per heavy atom. The Morgan fingerprint density at radius 2 is 2.00 bits per heavy atom.